The van der Waals surface area contributed by atoms with Crippen LogP contribution in [0.25, 0.3) is 10.9 Å². The Bertz CT molecular complexity index is 1110. The molecule has 1 aliphatic heterocycles. The van der Waals surface area contributed by atoms with Crippen molar-refractivity contribution >= 4 is 57.5 Å². The third kappa shape index (κ3) is 4.35. The molecular weight excluding hydrogens is 425 g/mol. The molecule has 1 N–H and O–H groups in total. The van der Waals surface area contributed by atoms with Gasteiger partial charge < -0.3 is 15.0 Å². The number of nitrogens with zero attached hydrogens (tertiary/aromatic N) is 2. The molecule has 3 aromatic rings. The molecule has 154 valence electrons. The van der Waals surface area contributed by atoms with Crippen LogP contribution in [0.3, 0.4) is 0 Å². The van der Waals surface area contributed by atoms with Crippen LogP contribution in [0.5, 0.6) is 0 Å². The van der Waals surface area contributed by atoms with Crippen molar-refractivity contribution in [2.75, 3.05) is 29.9 Å². The Hall–Kier alpha value is -2.83. The number of carbonyl (C=O) groups is 2. The first kappa shape index (κ1) is 20.4. The first-order valence-corrected chi connectivity index (χ1v) is 10.3. The van der Waals surface area contributed by atoms with Crippen molar-refractivity contribution in [1.82, 2.24) is 4.98 Å². The molecule has 0 unspecified atom stereocenters. The average molecular weight is 444 g/mol. The van der Waals surface area contributed by atoms with Crippen molar-refractivity contribution in [2.45, 2.75) is 12.8 Å². The Morgan fingerprint density at radius 3 is 2.63 bits per heavy atom. The van der Waals surface area contributed by atoms with Crippen LogP contribution >= 0.6 is 23.2 Å². The largest absolute Gasteiger partial charge is 0.452 e. The van der Waals surface area contributed by atoms with Gasteiger partial charge in [-0.25, -0.2) is 9.78 Å². The first-order valence-electron chi connectivity index (χ1n) is 9.58. The van der Waals surface area contributed by atoms with E-state index in [-0.39, 0.29) is 5.02 Å². The van der Waals surface area contributed by atoms with Gasteiger partial charge in [0.2, 0.25) is 0 Å². The highest BCUT2D eigenvalue weighted by atomic mass is 35.5. The van der Waals surface area contributed by atoms with Crippen LogP contribution in [0.1, 0.15) is 23.2 Å². The monoisotopic (exact) mass is 443 g/mol. The van der Waals surface area contributed by atoms with Crippen LogP contribution < -0.4 is 10.2 Å². The van der Waals surface area contributed by atoms with Gasteiger partial charge in [-0.3, -0.25) is 4.79 Å². The number of hydrogen-bond donors (Lipinski definition) is 1. The lowest BCUT2D eigenvalue weighted by Crippen LogP contribution is -2.25. The predicted molar refractivity (Wildman–Crippen MR) is 119 cm³/mol. The standard InChI is InChI=1S/C22H19Cl2N3O3/c23-16-7-5-9-18(20(16)24)25-19(28)13-30-22(29)15-12-14-6-1-2-8-17(14)26-21(15)27-10-3-4-11-27/h1-2,5-9,12H,3-4,10-11,13H2,(H,25,28). The molecule has 30 heavy (non-hydrogen) atoms. The van der Waals surface area contributed by atoms with Gasteiger partial charge in [0, 0.05) is 18.5 Å². The van der Waals surface area contributed by atoms with E-state index in [1.165, 1.54) is 0 Å². The second-order valence-corrected chi connectivity index (χ2v) is 7.76. The van der Waals surface area contributed by atoms with Crippen LogP contribution in [0.15, 0.2) is 48.5 Å². The lowest BCUT2D eigenvalue weighted by atomic mass is 10.1. The first-order chi connectivity index (χ1) is 14.5. The lowest BCUT2D eigenvalue weighted by Gasteiger charge is -2.20. The Kier molecular flexibility index (Phi) is 6.06. The van der Waals surface area contributed by atoms with Gasteiger partial charge in [-0.05, 0) is 37.1 Å². The fourth-order valence-electron chi connectivity index (χ4n) is 3.42. The molecule has 1 saturated heterocycles. The van der Waals surface area contributed by atoms with Crippen molar-refractivity contribution in [1.29, 1.82) is 0 Å². The lowest BCUT2D eigenvalue weighted by molar-refractivity contribution is -0.119. The average Bonchev–Trinajstić information content (AvgIpc) is 3.29. The summed E-state index contributed by atoms with van der Waals surface area (Å²) in [6.07, 6.45) is 2.09. The number of benzene rings is 2. The summed E-state index contributed by atoms with van der Waals surface area (Å²) in [6, 6.07) is 14.3. The van der Waals surface area contributed by atoms with E-state index in [2.05, 4.69) is 15.2 Å². The zero-order chi connectivity index (χ0) is 21.1. The number of aromatic nitrogens is 1. The maximum absolute atomic E-state index is 12.8. The topological polar surface area (TPSA) is 71.5 Å². The number of esters is 1. The minimum absolute atomic E-state index is 0.230. The van der Waals surface area contributed by atoms with Gasteiger partial charge in [-0.15, -0.1) is 0 Å². The van der Waals surface area contributed by atoms with Crippen LogP contribution in [-0.2, 0) is 9.53 Å². The number of rotatable bonds is 5. The van der Waals surface area contributed by atoms with Gasteiger partial charge in [0.1, 0.15) is 11.4 Å². The van der Waals surface area contributed by atoms with E-state index in [1.807, 2.05) is 24.3 Å². The fraction of sp³-hybridized carbons (Fsp3) is 0.227. The molecular formula is C22H19Cl2N3O3. The number of hydrogen-bond acceptors (Lipinski definition) is 5. The summed E-state index contributed by atoms with van der Waals surface area (Å²) in [7, 11) is 0. The molecule has 0 atom stereocenters. The summed E-state index contributed by atoms with van der Waals surface area (Å²) in [4.78, 5) is 31.8. The molecule has 1 aromatic heterocycles. The van der Waals surface area contributed by atoms with E-state index in [0.717, 1.165) is 36.8 Å². The van der Waals surface area contributed by atoms with Crippen LogP contribution in [0.4, 0.5) is 11.5 Å². The van der Waals surface area contributed by atoms with Crippen molar-refractivity contribution in [3.05, 3.63) is 64.1 Å². The summed E-state index contributed by atoms with van der Waals surface area (Å²) in [5.74, 6) is -0.513. The molecule has 0 radical (unpaired) electrons. The quantitative estimate of drug-likeness (QED) is 0.565. The number of ether oxygens (including phenoxy) is 1. The molecule has 4 rings (SSSR count). The third-order valence-electron chi connectivity index (χ3n) is 4.89. The summed E-state index contributed by atoms with van der Waals surface area (Å²) >= 11 is 12.0. The molecule has 0 aliphatic carbocycles. The van der Waals surface area contributed by atoms with Crippen molar-refractivity contribution < 1.29 is 14.3 Å². The second-order valence-electron chi connectivity index (χ2n) is 6.97. The molecule has 2 heterocycles. The molecule has 0 bridgehead atoms. The number of amides is 1. The Balaban J connectivity index is 1.51. The smallest absolute Gasteiger partial charge is 0.342 e. The van der Waals surface area contributed by atoms with Gasteiger partial charge in [-0.2, -0.15) is 0 Å². The van der Waals surface area contributed by atoms with E-state index >= 15 is 0 Å². The zero-order valence-electron chi connectivity index (χ0n) is 16.0. The second kappa shape index (κ2) is 8.90. The van der Waals surface area contributed by atoms with Crippen molar-refractivity contribution in [2.24, 2.45) is 0 Å². The number of fused-ring (bicyclic) bond motifs is 1. The van der Waals surface area contributed by atoms with Crippen LogP contribution in [0.2, 0.25) is 10.0 Å². The summed E-state index contributed by atoms with van der Waals surface area (Å²) in [6.45, 7) is 1.21. The molecule has 0 saturated carbocycles. The summed E-state index contributed by atoms with van der Waals surface area (Å²) in [5.41, 5.74) is 1.52. The zero-order valence-corrected chi connectivity index (χ0v) is 17.5. The number of para-hydroxylation sites is 1. The minimum atomic E-state index is -0.595. The molecule has 8 heteroatoms. The van der Waals surface area contributed by atoms with E-state index in [4.69, 9.17) is 27.9 Å². The maximum Gasteiger partial charge on any atom is 0.342 e. The van der Waals surface area contributed by atoms with Gasteiger partial charge in [0.15, 0.2) is 6.61 Å². The number of carbonyl (C=O) groups excluding carboxylic acids is 2. The number of pyridine rings is 1. The third-order valence-corrected chi connectivity index (χ3v) is 5.71. The molecule has 2 aromatic carbocycles. The molecule has 6 nitrogen and oxygen atoms in total. The van der Waals surface area contributed by atoms with Crippen LogP contribution in [-0.4, -0.2) is 36.6 Å². The van der Waals surface area contributed by atoms with Crippen molar-refractivity contribution in [3.63, 3.8) is 0 Å². The van der Waals surface area contributed by atoms with Crippen molar-refractivity contribution in [3.8, 4) is 0 Å². The Morgan fingerprint density at radius 1 is 1.07 bits per heavy atom. The van der Waals surface area contributed by atoms with Gasteiger partial charge >= 0.3 is 5.97 Å². The highest BCUT2D eigenvalue weighted by Crippen LogP contribution is 2.30. The SMILES string of the molecule is O=C(COC(=O)c1cc2ccccc2nc1N1CCCC1)Nc1cccc(Cl)c1Cl. The maximum atomic E-state index is 12.8. The normalized spacial score (nSPS) is 13.5. The highest BCUT2D eigenvalue weighted by Gasteiger charge is 2.23. The Morgan fingerprint density at radius 2 is 1.83 bits per heavy atom. The van der Waals surface area contributed by atoms with Crippen LogP contribution in [0, 0.1) is 0 Å². The molecule has 1 aliphatic rings. The number of anilines is 2. The minimum Gasteiger partial charge on any atom is -0.452 e. The number of halogens is 2. The van der Waals surface area contributed by atoms with E-state index in [0.29, 0.717) is 22.1 Å². The Labute approximate surface area is 183 Å². The van der Waals surface area contributed by atoms with Gasteiger partial charge in [0.05, 0.1) is 21.2 Å². The number of nitrogens with one attached hydrogen (secondary N) is 1. The van der Waals surface area contributed by atoms with E-state index < -0.39 is 18.5 Å². The van der Waals surface area contributed by atoms with E-state index in [1.54, 1.807) is 24.3 Å². The summed E-state index contributed by atoms with van der Waals surface area (Å²) < 4.78 is 5.29. The summed E-state index contributed by atoms with van der Waals surface area (Å²) in [5, 5.41) is 3.99. The molecule has 1 amide bonds. The molecule has 0 spiro atoms. The van der Waals surface area contributed by atoms with Gasteiger partial charge in [0.25, 0.3) is 5.91 Å². The highest BCUT2D eigenvalue weighted by molar-refractivity contribution is 6.44. The van der Waals surface area contributed by atoms with Gasteiger partial charge in [-0.1, -0.05) is 47.5 Å². The predicted octanol–water partition coefficient (Wildman–Crippen LogP) is 4.94. The van der Waals surface area contributed by atoms with E-state index in [9.17, 15) is 9.59 Å². The molecule has 1 fully saturated rings. The fourth-order valence-corrected chi connectivity index (χ4v) is 3.77.